The van der Waals surface area contributed by atoms with Gasteiger partial charge < -0.3 is 5.32 Å². The van der Waals surface area contributed by atoms with Gasteiger partial charge in [0.25, 0.3) is 0 Å². The highest BCUT2D eigenvalue weighted by Gasteiger charge is 2.37. The topological polar surface area (TPSA) is 49.4 Å². The van der Waals surface area contributed by atoms with Crippen molar-refractivity contribution < 1.29 is 8.42 Å². The number of sulfonamides is 1. The third-order valence-corrected chi connectivity index (χ3v) is 5.10. The van der Waals surface area contributed by atoms with Gasteiger partial charge >= 0.3 is 0 Å². The minimum absolute atomic E-state index is 0.214. The van der Waals surface area contributed by atoms with Gasteiger partial charge in [0.05, 0.1) is 17.0 Å². The number of anilines is 1. The molecule has 0 aliphatic carbocycles. The van der Waals surface area contributed by atoms with Crippen molar-refractivity contribution in [2.45, 2.75) is 12.3 Å². The average Bonchev–Trinajstić information content (AvgIpc) is 2.57. The van der Waals surface area contributed by atoms with Gasteiger partial charge in [0, 0.05) is 19.0 Å². The van der Waals surface area contributed by atoms with E-state index >= 15 is 0 Å². The van der Waals surface area contributed by atoms with Crippen molar-refractivity contribution in [2.75, 3.05) is 30.2 Å². The van der Waals surface area contributed by atoms with E-state index in [1.165, 1.54) is 16.1 Å². The normalized spacial score (nSPS) is 22.8. The second-order valence-electron chi connectivity index (χ2n) is 4.91. The summed E-state index contributed by atoms with van der Waals surface area (Å²) in [5.74, 6) is 0.214. The summed E-state index contributed by atoms with van der Waals surface area (Å²) >= 11 is 6.22. The van der Waals surface area contributed by atoms with E-state index in [0.717, 1.165) is 25.1 Å². The fourth-order valence-corrected chi connectivity index (χ4v) is 4.20. The Morgan fingerprint density at radius 2 is 2.22 bits per heavy atom. The quantitative estimate of drug-likeness (QED) is 0.848. The van der Waals surface area contributed by atoms with Gasteiger partial charge in [-0.3, -0.25) is 4.31 Å². The molecule has 0 fully saturated rings. The summed E-state index contributed by atoms with van der Waals surface area (Å²) in [5, 5.41) is 3.89. The third-order valence-electron chi connectivity index (χ3n) is 3.66. The number of nitrogens with zero attached hydrogens (tertiary/aromatic N) is 1. The number of hydrogen-bond donors (Lipinski definition) is 1. The van der Waals surface area contributed by atoms with Crippen molar-refractivity contribution in [1.29, 1.82) is 0 Å². The Balaban J connectivity index is 2.24. The summed E-state index contributed by atoms with van der Waals surface area (Å²) in [7, 11) is -3.26. The van der Waals surface area contributed by atoms with E-state index in [0.29, 0.717) is 17.3 Å². The molecule has 3 rings (SSSR count). The molecule has 0 spiro atoms. The molecular formula is C12H15ClN2O2S. The second kappa shape index (κ2) is 4.11. The van der Waals surface area contributed by atoms with Crippen LogP contribution in [0.5, 0.6) is 0 Å². The lowest BCUT2D eigenvalue weighted by atomic mass is 9.95. The molecule has 2 heterocycles. The predicted octanol–water partition coefficient (Wildman–Crippen LogP) is 1.35. The first-order valence-electron chi connectivity index (χ1n) is 5.98. The van der Waals surface area contributed by atoms with Gasteiger partial charge in [-0.05, 0) is 30.2 Å². The Morgan fingerprint density at radius 1 is 1.44 bits per heavy atom. The number of halogens is 1. The molecule has 1 aromatic rings. The zero-order chi connectivity index (χ0) is 12.9. The molecule has 2 aliphatic rings. The lowest BCUT2D eigenvalue weighted by Gasteiger charge is -2.19. The zero-order valence-electron chi connectivity index (χ0n) is 10.1. The Kier molecular flexibility index (Phi) is 2.80. The number of rotatable bonds is 1. The molecule has 18 heavy (non-hydrogen) atoms. The van der Waals surface area contributed by atoms with Crippen molar-refractivity contribution in [3.8, 4) is 0 Å². The monoisotopic (exact) mass is 286 g/mol. The van der Waals surface area contributed by atoms with E-state index < -0.39 is 10.0 Å². The number of benzene rings is 1. The largest absolute Gasteiger partial charge is 0.316 e. The van der Waals surface area contributed by atoms with Crippen LogP contribution in [-0.4, -0.2) is 34.3 Å². The van der Waals surface area contributed by atoms with Gasteiger partial charge in [0.15, 0.2) is 0 Å². The molecule has 0 radical (unpaired) electrons. The lowest BCUT2D eigenvalue weighted by molar-refractivity contribution is 0.589. The van der Waals surface area contributed by atoms with Crippen LogP contribution >= 0.6 is 11.6 Å². The molecule has 1 atom stereocenters. The van der Waals surface area contributed by atoms with Gasteiger partial charge in [-0.15, -0.1) is 0 Å². The highest BCUT2D eigenvalue weighted by molar-refractivity contribution is 7.92. The molecule has 1 aromatic carbocycles. The standard InChI is InChI=1S/C12H15ClN2O2S/c1-18(16,17)15-7-9-6-14-5-4-8-2-3-10(13)12(15)11(8)9/h2-3,9,14H,4-7H2,1H3/t9-/m0/s1. The first kappa shape index (κ1) is 12.3. The molecule has 0 bridgehead atoms. The molecule has 6 heteroatoms. The maximum atomic E-state index is 11.9. The van der Waals surface area contributed by atoms with E-state index in [2.05, 4.69) is 5.32 Å². The number of nitrogens with one attached hydrogen (secondary N) is 1. The maximum Gasteiger partial charge on any atom is 0.232 e. The van der Waals surface area contributed by atoms with E-state index in [4.69, 9.17) is 11.6 Å². The van der Waals surface area contributed by atoms with Crippen molar-refractivity contribution >= 4 is 27.3 Å². The molecule has 0 saturated heterocycles. The number of hydrogen-bond acceptors (Lipinski definition) is 3. The van der Waals surface area contributed by atoms with Crippen LogP contribution < -0.4 is 9.62 Å². The molecular weight excluding hydrogens is 272 g/mol. The third kappa shape index (κ3) is 1.81. The molecule has 0 amide bonds. The zero-order valence-corrected chi connectivity index (χ0v) is 11.7. The Hall–Kier alpha value is -0.780. The summed E-state index contributed by atoms with van der Waals surface area (Å²) in [6, 6.07) is 3.83. The molecule has 1 N–H and O–H groups in total. The summed E-state index contributed by atoms with van der Waals surface area (Å²) in [4.78, 5) is 0. The predicted molar refractivity (Wildman–Crippen MR) is 73.0 cm³/mol. The first-order valence-corrected chi connectivity index (χ1v) is 8.21. The SMILES string of the molecule is CS(=O)(=O)N1C[C@@H]2CNCCc3ccc(Cl)c1c32. The van der Waals surface area contributed by atoms with Crippen molar-refractivity contribution in [1.82, 2.24) is 5.32 Å². The average molecular weight is 287 g/mol. The van der Waals surface area contributed by atoms with Crippen molar-refractivity contribution in [3.05, 3.63) is 28.3 Å². The second-order valence-corrected chi connectivity index (χ2v) is 7.23. The van der Waals surface area contributed by atoms with Crippen LogP contribution in [0, 0.1) is 0 Å². The van der Waals surface area contributed by atoms with Crippen LogP contribution in [0.1, 0.15) is 17.0 Å². The first-order chi connectivity index (χ1) is 8.48. The van der Waals surface area contributed by atoms with E-state index in [1.807, 2.05) is 12.1 Å². The summed E-state index contributed by atoms with van der Waals surface area (Å²) in [5.41, 5.74) is 3.04. The molecule has 0 unspecified atom stereocenters. The van der Waals surface area contributed by atoms with Gasteiger partial charge in [-0.25, -0.2) is 8.42 Å². The fourth-order valence-electron chi connectivity index (χ4n) is 2.90. The van der Waals surface area contributed by atoms with E-state index in [1.54, 1.807) is 0 Å². The molecule has 4 nitrogen and oxygen atoms in total. The van der Waals surface area contributed by atoms with Gasteiger partial charge in [0.2, 0.25) is 10.0 Å². The van der Waals surface area contributed by atoms with Crippen LogP contribution in [0.25, 0.3) is 0 Å². The highest BCUT2D eigenvalue weighted by Crippen LogP contribution is 2.45. The van der Waals surface area contributed by atoms with Gasteiger partial charge in [0.1, 0.15) is 0 Å². The minimum atomic E-state index is -3.26. The summed E-state index contributed by atoms with van der Waals surface area (Å²) in [6.45, 7) is 2.24. The van der Waals surface area contributed by atoms with Crippen molar-refractivity contribution in [2.24, 2.45) is 0 Å². The van der Waals surface area contributed by atoms with Gasteiger partial charge in [-0.1, -0.05) is 17.7 Å². The van der Waals surface area contributed by atoms with Crippen LogP contribution in [0.3, 0.4) is 0 Å². The Morgan fingerprint density at radius 3 is 2.94 bits per heavy atom. The fraction of sp³-hybridized carbons (Fsp3) is 0.500. The molecule has 2 aliphatic heterocycles. The molecule has 0 saturated carbocycles. The summed E-state index contributed by atoms with van der Waals surface area (Å²) in [6.07, 6.45) is 2.16. The van der Waals surface area contributed by atoms with Crippen LogP contribution in [0.2, 0.25) is 5.02 Å². The maximum absolute atomic E-state index is 11.9. The molecule has 0 aromatic heterocycles. The Bertz CT molecular complexity index is 600. The molecule has 98 valence electrons. The smallest absolute Gasteiger partial charge is 0.232 e. The summed E-state index contributed by atoms with van der Waals surface area (Å²) < 4.78 is 25.2. The van der Waals surface area contributed by atoms with Crippen LogP contribution in [0.15, 0.2) is 12.1 Å². The minimum Gasteiger partial charge on any atom is -0.316 e. The van der Waals surface area contributed by atoms with Crippen LogP contribution in [0.4, 0.5) is 5.69 Å². The lowest BCUT2D eigenvalue weighted by Crippen LogP contribution is -2.31. The van der Waals surface area contributed by atoms with E-state index in [-0.39, 0.29) is 5.92 Å². The Labute approximate surface area is 112 Å². The highest BCUT2D eigenvalue weighted by atomic mass is 35.5. The van der Waals surface area contributed by atoms with Gasteiger partial charge in [-0.2, -0.15) is 0 Å². The van der Waals surface area contributed by atoms with E-state index in [9.17, 15) is 8.42 Å². The van der Waals surface area contributed by atoms with Crippen molar-refractivity contribution in [3.63, 3.8) is 0 Å². The van der Waals surface area contributed by atoms with Crippen LogP contribution in [-0.2, 0) is 16.4 Å².